The summed E-state index contributed by atoms with van der Waals surface area (Å²) in [5, 5.41) is 23.2. The van der Waals surface area contributed by atoms with E-state index in [0.29, 0.717) is 11.6 Å². The lowest BCUT2D eigenvalue weighted by Crippen LogP contribution is -2.45. The summed E-state index contributed by atoms with van der Waals surface area (Å²) >= 11 is 0. The number of hydrogen-bond donors (Lipinski definition) is 3. The first-order valence-electron chi connectivity index (χ1n) is 10.1. The SMILES string of the molecule is Cc1cnc(C(=O)NC2CC(CO)C2)cc1Cc1ccc(-n2cccn2)cc1.O=CO. The molecule has 3 N–H and O–H groups in total. The van der Waals surface area contributed by atoms with Gasteiger partial charge in [-0.15, -0.1) is 0 Å². The maximum atomic E-state index is 12.5. The molecule has 1 fully saturated rings. The minimum Gasteiger partial charge on any atom is -0.483 e. The largest absolute Gasteiger partial charge is 0.483 e. The number of aryl methyl sites for hydroxylation is 1. The van der Waals surface area contributed by atoms with Crippen LogP contribution in [0.2, 0.25) is 0 Å². The van der Waals surface area contributed by atoms with Gasteiger partial charge in [-0.05, 0) is 73.1 Å². The molecule has 31 heavy (non-hydrogen) atoms. The van der Waals surface area contributed by atoms with Gasteiger partial charge in [0.25, 0.3) is 12.4 Å². The Hall–Kier alpha value is -3.52. The van der Waals surface area contributed by atoms with Crippen LogP contribution >= 0.6 is 0 Å². The highest BCUT2D eigenvalue weighted by molar-refractivity contribution is 5.92. The summed E-state index contributed by atoms with van der Waals surface area (Å²) in [6, 6.07) is 12.2. The summed E-state index contributed by atoms with van der Waals surface area (Å²) in [5.74, 6) is 0.174. The second-order valence-electron chi connectivity index (χ2n) is 7.59. The fourth-order valence-corrected chi connectivity index (χ4v) is 3.55. The van der Waals surface area contributed by atoms with Crippen LogP contribution in [0.4, 0.5) is 0 Å². The predicted octanol–water partition coefficient (Wildman–Crippen LogP) is 2.37. The number of pyridine rings is 1. The fourth-order valence-electron chi connectivity index (χ4n) is 3.55. The molecule has 3 aromatic rings. The van der Waals surface area contributed by atoms with Gasteiger partial charge in [0.15, 0.2) is 0 Å². The zero-order chi connectivity index (χ0) is 22.2. The third-order valence-corrected chi connectivity index (χ3v) is 5.38. The van der Waals surface area contributed by atoms with Gasteiger partial charge >= 0.3 is 0 Å². The van der Waals surface area contributed by atoms with Gasteiger partial charge in [-0.1, -0.05) is 12.1 Å². The highest BCUT2D eigenvalue weighted by atomic mass is 16.3. The van der Waals surface area contributed by atoms with Crippen LogP contribution in [0.25, 0.3) is 5.69 Å². The summed E-state index contributed by atoms with van der Waals surface area (Å²) in [4.78, 5) is 25.2. The molecule has 1 saturated carbocycles. The second-order valence-corrected chi connectivity index (χ2v) is 7.59. The van der Waals surface area contributed by atoms with E-state index in [1.54, 1.807) is 12.4 Å². The number of amides is 1. The number of aromatic nitrogens is 3. The van der Waals surface area contributed by atoms with Gasteiger partial charge < -0.3 is 15.5 Å². The van der Waals surface area contributed by atoms with Crippen molar-refractivity contribution >= 4 is 12.4 Å². The van der Waals surface area contributed by atoms with Gasteiger partial charge in [-0.25, -0.2) is 4.68 Å². The molecule has 2 aromatic heterocycles. The Balaban J connectivity index is 0.000000858. The lowest BCUT2D eigenvalue weighted by Gasteiger charge is -2.34. The van der Waals surface area contributed by atoms with E-state index in [9.17, 15) is 4.79 Å². The van der Waals surface area contributed by atoms with Crippen molar-refractivity contribution in [1.29, 1.82) is 0 Å². The molecule has 1 aliphatic carbocycles. The van der Waals surface area contributed by atoms with Crippen molar-refractivity contribution in [3.63, 3.8) is 0 Å². The standard InChI is InChI=1S/C22H24N4O2.CH2O2/c1-15-13-23-21(22(28)25-19-10-17(11-19)14-27)12-18(15)9-16-3-5-20(6-4-16)26-8-2-7-24-26;2-1-3/h2-8,12-13,17,19,27H,9-11,14H2,1H3,(H,25,28);1H,(H,2,3). The molecule has 0 atom stereocenters. The van der Waals surface area contributed by atoms with Crippen molar-refractivity contribution in [2.45, 2.75) is 32.2 Å². The van der Waals surface area contributed by atoms with Crippen LogP contribution < -0.4 is 5.32 Å². The lowest BCUT2D eigenvalue weighted by atomic mass is 9.81. The number of hydrogen-bond acceptors (Lipinski definition) is 5. The maximum absolute atomic E-state index is 12.5. The average molecular weight is 422 g/mol. The number of carbonyl (C=O) groups is 2. The van der Waals surface area contributed by atoms with Crippen molar-refractivity contribution in [2.24, 2.45) is 5.92 Å². The van der Waals surface area contributed by atoms with Crippen LogP contribution in [0.5, 0.6) is 0 Å². The first-order valence-corrected chi connectivity index (χ1v) is 10.1. The fraction of sp³-hybridized carbons (Fsp3) is 0.304. The summed E-state index contributed by atoms with van der Waals surface area (Å²) in [6.07, 6.45) is 7.85. The Morgan fingerprint density at radius 1 is 1.29 bits per heavy atom. The Kier molecular flexibility index (Phi) is 7.50. The highest BCUT2D eigenvalue weighted by Crippen LogP contribution is 2.26. The van der Waals surface area contributed by atoms with Gasteiger partial charge in [-0.3, -0.25) is 14.6 Å². The first-order chi connectivity index (χ1) is 15.0. The smallest absolute Gasteiger partial charge is 0.290 e. The minimum absolute atomic E-state index is 0.142. The molecule has 8 nitrogen and oxygen atoms in total. The Labute approximate surface area is 180 Å². The second kappa shape index (κ2) is 10.5. The predicted molar refractivity (Wildman–Crippen MR) is 115 cm³/mol. The molecule has 1 aromatic carbocycles. The van der Waals surface area contributed by atoms with E-state index in [4.69, 9.17) is 15.0 Å². The molecule has 0 radical (unpaired) electrons. The topological polar surface area (TPSA) is 117 Å². The number of carboxylic acid groups (broad SMARTS) is 1. The third kappa shape index (κ3) is 5.76. The molecule has 162 valence electrons. The van der Waals surface area contributed by atoms with E-state index < -0.39 is 0 Å². The van der Waals surface area contributed by atoms with Crippen LogP contribution in [-0.4, -0.2) is 50.0 Å². The van der Waals surface area contributed by atoms with Crippen molar-refractivity contribution in [3.05, 3.63) is 77.4 Å². The maximum Gasteiger partial charge on any atom is 0.290 e. The van der Waals surface area contributed by atoms with E-state index in [1.807, 2.05) is 42.1 Å². The van der Waals surface area contributed by atoms with Gasteiger partial charge in [0.1, 0.15) is 5.69 Å². The average Bonchev–Trinajstić information content (AvgIpc) is 3.28. The summed E-state index contributed by atoms with van der Waals surface area (Å²) < 4.78 is 1.83. The monoisotopic (exact) mass is 422 g/mol. The van der Waals surface area contributed by atoms with Gasteiger partial charge in [0.05, 0.1) is 5.69 Å². The molecule has 0 aliphatic heterocycles. The van der Waals surface area contributed by atoms with Gasteiger partial charge in [0, 0.05) is 31.2 Å². The number of aliphatic hydroxyl groups excluding tert-OH is 1. The van der Waals surface area contributed by atoms with Crippen LogP contribution in [0.3, 0.4) is 0 Å². The zero-order valence-corrected chi connectivity index (χ0v) is 17.3. The van der Waals surface area contributed by atoms with E-state index >= 15 is 0 Å². The Morgan fingerprint density at radius 3 is 2.61 bits per heavy atom. The quantitative estimate of drug-likeness (QED) is 0.525. The molecule has 1 aliphatic rings. The Morgan fingerprint density at radius 2 is 2.00 bits per heavy atom. The summed E-state index contributed by atoms with van der Waals surface area (Å²) in [5.41, 5.74) is 4.79. The molecule has 4 rings (SSSR count). The van der Waals surface area contributed by atoms with E-state index in [0.717, 1.165) is 36.1 Å². The van der Waals surface area contributed by atoms with Gasteiger partial charge in [-0.2, -0.15) is 5.10 Å². The minimum atomic E-state index is -0.250. The zero-order valence-electron chi connectivity index (χ0n) is 17.3. The summed E-state index contributed by atoms with van der Waals surface area (Å²) in [7, 11) is 0. The van der Waals surface area contributed by atoms with Crippen molar-refractivity contribution in [3.8, 4) is 5.69 Å². The molecule has 0 bridgehead atoms. The first kappa shape index (κ1) is 22.2. The molecule has 0 saturated heterocycles. The van der Waals surface area contributed by atoms with Crippen LogP contribution in [-0.2, 0) is 11.2 Å². The molecule has 8 heteroatoms. The number of carbonyl (C=O) groups excluding carboxylic acids is 1. The molecular formula is C23H26N4O4. The number of rotatable bonds is 6. The number of nitrogens with zero attached hydrogens (tertiary/aromatic N) is 3. The number of nitrogens with one attached hydrogen (secondary N) is 1. The van der Waals surface area contributed by atoms with Crippen LogP contribution in [0.15, 0.2) is 55.0 Å². The van der Waals surface area contributed by atoms with Crippen LogP contribution in [0, 0.1) is 12.8 Å². The van der Waals surface area contributed by atoms with Crippen molar-refractivity contribution in [1.82, 2.24) is 20.1 Å². The molecule has 0 unspecified atom stereocenters. The third-order valence-electron chi connectivity index (χ3n) is 5.38. The van der Waals surface area contributed by atoms with Crippen molar-refractivity contribution < 1.29 is 19.8 Å². The van der Waals surface area contributed by atoms with E-state index in [-0.39, 0.29) is 25.0 Å². The summed E-state index contributed by atoms with van der Waals surface area (Å²) in [6.45, 7) is 1.96. The number of benzene rings is 1. The normalized spacial score (nSPS) is 17.1. The van der Waals surface area contributed by atoms with Crippen molar-refractivity contribution in [2.75, 3.05) is 6.61 Å². The highest BCUT2D eigenvalue weighted by Gasteiger charge is 2.30. The molecule has 2 heterocycles. The lowest BCUT2D eigenvalue weighted by molar-refractivity contribution is -0.122. The number of aliphatic hydroxyl groups is 1. The van der Waals surface area contributed by atoms with Gasteiger partial charge in [0.2, 0.25) is 0 Å². The molecule has 1 amide bonds. The Bertz CT molecular complexity index is 997. The molecule has 0 spiro atoms. The van der Waals surface area contributed by atoms with E-state index in [1.165, 1.54) is 5.56 Å². The van der Waals surface area contributed by atoms with Crippen LogP contribution in [0.1, 0.15) is 40.0 Å². The van der Waals surface area contributed by atoms with E-state index in [2.05, 4.69) is 27.5 Å². The molecular weight excluding hydrogens is 396 g/mol.